The number of methoxy groups -OCH3 is 1. The predicted octanol–water partition coefficient (Wildman–Crippen LogP) is 3.74. The summed E-state index contributed by atoms with van der Waals surface area (Å²) in [5.41, 5.74) is 0.755. The average Bonchev–Trinajstić information content (AvgIpc) is 3.01. The van der Waals surface area contributed by atoms with E-state index in [4.69, 9.17) is 14.2 Å². The van der Waals surface area contributed by atoms with E-state index >= 15 is 0 Å². The van der Waals surface area contributed by atoms with Crippen LogP contribution in [0.15, 0.2) is 71.6 Å². The van der Waals surface area contributed by atoms with Gasteiger partial charge in [-0.25, -0.2) is 12.8 Å². The molecule has 0 radical (unpaired) electrons. The van der Waals surface area contributed by atoms with Gasteiger partial charge in [-0.1, -0.05) is 19.1 Å². The number of hydrogen-bond acceptors (Lipinski definition) is 7. The minimum atomic E-state index is -4.37. The molecule has 10 nitrogen and oxygen atoms in total. The van der Waals surface area contributed by atoms with E-state index in [1.807, 2.05) is 6.92 Å². The molecule has 1 unspecified atom stereocenters. The molecule has 224 valence electrons. The molecule has 12 heteroatoms. The van der Waals surface area contributed by atoms with Crippen LogP contribution in [0.2, 0.25) is 0 Å². The number of hydrogen-bond donors (Lipinski definition) is 1. The third kappa shape index (κ3) is 7.11. The van der Waals surface area contributed by atoms with E-state index in [-0.39, 0.29) is 35.4 Å². The third-order valence-corrected chi connectivity index (χ3v) is 8.47. The quantitative estimate of drug-likeness (QED) is 0.337. The Bertz CT molecular complexity index is 1520. The summed E-state index contributed by atoms with van der Waals surface area (Å²) in [4.78, 5) is 28.1. The highest BCUT2D eigenvalue weighted by Gasteiger charge is 2.33. The van der Waals surface area contributed by atoms with Crippen molar-refractivity contribution in [3.05, 3.63) is 78.1 Å². The van der Waals surface area contributed by atoms with E-state index in [9.17, 15) is 22.4 Å². The number of carbonyl (C=O) groups excluding carboxylic acids is 2. The molecule has 4 rings (SSSR count). The van der Waals surface area contributed by atoms with Crippen molar-refractivity contribution in [3.63, 3.8) is 0 Å². The van der Waals surface area contributed by atoms with E-state index in [1.54, 1.807) is 31.2 Å². The average molecular weight is 600 g/mol. The second kappa shape index (κ2) is 13.6. The summed E-state index contributed by atoms with van der Waals surface area (Å²) >= 11 is 0. The topological polar surface area (TPSA) is 114 Å². The fourth-order valence-corrected chi connectivity index (χ4v) is 5.82. The Balaban J connectivity index is 1.71. The van der Waals surface area contributed by atoms with Crippen molar-refractivity contribution >= 4 is 27.5 Å². The Morgan fingerprint density at radius 1 is 1.02 bits per heavy atom. The highest BCUT2D eigenvalue weighted by atomic mass is 32.2. The number of rotatable bonds is 12. The maximum atomic E-state index is 14.0. The van der Waals surface area contributed by atoms with Gasteiger partial charge in [-0.05, 0) is 67.4 Å². The van der Waals surface area contributed by atoms with E-state index in [0.29, 0.717) is 36.6 Å². The number of sulfonamides is 1. The Morgan fingerprint density at radius 2 is 1.74 bits per heavy atom. The lowest BCUT2D eigenvalue weighted by Gasteiger charge is -2.32. The summed E-state index contributed by atoms with van der Waals surface area (Å²) in [6, 6.07) is 15.1. The standard InChI is InChI=1S/C30H34FN3O7S/c1-4-14-32-30(36)21(2)33(19-22-6-5-7-25(17-22)39-3)29(35)20-34(24-10-8-23(31)9-11-24)42(37,38)26-12-13-27-28(18-26)41-16-15-40-27/h5-13,17-18,21H,4,14-16,19-20H2,1-3H3,(H,32,36). The van der Waals surface area contributed by atoms with Crippen LogP contribution in [0.25, 0.3) is 0 Å². The SMILES string of the molecule is CCCNC(=O)C(C)N(Cc1cccc(OC)c1)C(=O)CN(c1ccc(F)cc1)S(=O)(=O)c1ccc2c(c1)OCCO2. The van der Waals surface area contributed by atoms with Crippen LogP contribution in [0.4, 0.5) is 10.1 Å². The lowest BCUT2D eigenvalue weighted by molar-refractivity contribution is -0.139. The molecule has 0 bridgehead atoms. The van der Waals surface area contributed by atoms with Gasteiger partial charge in [0.15, 0.2) is 11.5 Å². The summed E-state index contributed by atoms with van der Waals surface area (Å²) in [6.45, 7) is 3.87. The highest BCUT2D eigenvalue weighted by Crippen LogP contribution is 2.34. The number of amides is 2. The van der Waals surface area contributed by atoms with Gasteiger partial charge in [0.05, 0.1) is 17.7 Å². The number of ether oxygens (including phenoxy) is 3. The highest BCUT2D eigenvalue weighted by molar-refractivity contribution is 7.92. The smallest absolute Gasteiger partial charge is 0.264 e. The van der Waals surface area contributed by atoms with Crippen LogP contribution < -0.4 is 23.8 Å². The molecule has 1 aliphatic heterocycles. The lowest BCUT2D eigenvalue weighted by atomic mass is 10.1. The van der Waals surface area contributed by atoms with Gasteiger partial charge < -0.3 is 24.4 Å². The van der Waals surface area contributed by atoms with Crippen LogP contribution >= 0.6 is 0 Å². The Labute approximate surface area is 245 Å². The molecule has 1 N–H and O–H groups in total. The van der Waals surface area contributed by atoms with Crippen LogP contribution in [0.3, 0.4) is 0 Å². The monoisotopic (exact) mass is 599 g/mol. The van der Waals surface area contributed by atoms with E-state index < -0.39 is 34.3 Å². The van der Waals surface area contributed by atoms with Crippen molar-refractivity contribution < 1.29 is 36.6 Å². The van der Waals surface area contributed by atoms with Crippen LogP contribution in [-0.2, 0) is 26.2 Å². The number of benzene rings is 3. The molecule has 0 saturated carbocycles. The van der Waals surface area contributed by atoms with Gasteiger partial charge in [0.1, 0.15) is 37.4 Å². The Hall–Kier alpha value is -4.32. The number of fused-ring (bicyclic) bond motifs is 1. The first kappa shape index (κ1) is 30.6. The van der Waals surface area contributed by atoms with E-state index in [1.165, 1.54) is 42.3 Å². The molecule has 42 heavy (non-hydrogen) atoms. The molecule has 3 aromatic rings. The van der Waals surface area contributed by atoms with Gasteiger partial charge >= 0.3 is 0 Å². The predicted molar refractivity (Wildman–Crippen MR) is 155 cm³/mol. The molecule has 0 aliphatic carbocycles. The largest absolute Gasteiger partial charge is 0.497 e. The van der Waals surface area contributed by atoms with Crippen LogP contribution in [0.5, 0.6) is 17.2 Å². The first-order valence-corrected chi connectivity index (χ1v) is 15.0. The van der Waals surface area contributed by atoms with Gasteiger partial charge in [-0.3, -0.25) is 13.9 Å². The minimum absolute atomic E-state index is 0.0120. The second-order valence-electron chi connectivity index (χ2n) is 9.63. The van der Waals surface area contributed by atoms with Gasteiger partial charge in [0, 0.05) is 19.2 Å². The number of anilines is 1. The van der Waals surface area contributed by atoms with Gasteiger partial charge in [-0.2, -0.15) is 0 Å². The minimum Gasteiger partial charge on any atom is -0.497 e. The molecule has 1 heterocycles. The zero-order chi connectivity index (χ0) is 30.3. The molecule has 0 saturated heterocycles. The van der Waals surface area contributed by atoms with Crippen molar-refractivity contribution in [2.75, 3.05) is 37.7 Å². The molecule has 2 amide bonds. The summed E-state index contributed by atoms with van der Waals surface area (Å²) in [5, 5.41) is 2.80. The van der Waals surface area contributed by atoms with Gasteiger partial charge in [0.2, 0.25) is 11.8 Å². The normalized spacial score (nSPS) is 13.1. The van der Waals surface area contributed by atoms with Crippen molar-refractivity contribution in [2.45, 2.75) is 37.8 Å². The lowest BCUT2D eigenvalue weighted by Crippen LogP contribution is -2.51. The van der Waals surface area contributed by atoms with Crippen molar-refractivity contribution in [3.8, 4) is 17.2 Å². The summed E-state index contributed by atoms with van der Waals surface area (Å²) in [7, 11) is -2.85. The zero-order valence-electron chi connectivity index (χ0n) is 23.7. The molecular formula is C30H34FN3O7S. The van der Waals surface area contributed by atoms with Crippen LogP contribution in [0.1, 0.15) is 25.8 Å². The molecular weight excluding hydrogens is 565 g/mol. The fraction of sp³-hybridized carbons (Fsp3) is 0.333. The third-order valence-electron chi connectivity index (χ3n) is 6.70. The molecule has 0 fully saturated rings. The summed E-state index contributed by atoms with van der Waals surface area (Å²) in [6.07, 6.45) is 0.703. The van der Waals surface area contributed by atoms with Crippen molar-refractivity contribution in [2.24, 2.45) is 0 Å². The Kier molecular flexibility index (Phi) is 9.89. The number of nitrogens with zero attached hydrogens (tertiary/aromatic N) is 2. The fourth-order valence-electron chi connectivity index (χ4n) is 4.39. The molecule has 1 atom stereocenters. The number of carbonyl (C=O) groups is 2. The van der Waals surface area contributed by atoms with Crippen LogP contribution in [-0.4, -0.2) is 64.6 Å². The molecule has 0 aromatic heterocycles. The number of halogens is 1. The van der Waals surface area contributed by atoms with E-state index in [0.717, 1.165) is 16.4 Å². The molecule has 3 aromatic carbocycles. The zero-order valence-corrected chi connectivity index (χ0v) is 24.5. The number of nitrogens with one attached hydrogen (secondary N) is 1. The maximum absolute atomic E-state index is 14.0. The molecule has 1 aliphatic rings. The maximum Gasteiger partial charge on any atom is 0.264 e. The van der Waals surface area contributed by atoms with Gasteiger partial charge in [0.25, 0.3) is 10.0 Å². The first-order valence-electron chi connectivity index (χ1n) is 13.5. The summed E-state index contributed by atoms with van der Waals surface area (Å²) in [5.74, 6) is -0.354. The van der Waals surface area contributed by atoms with E-state index in [2.05, 4.69) is 5.32 Å². The first-order chi connectivity index (χ1) is 20.1. The van der Waals surface area contributed by atoms with Gasteiger partial charge in [-0.15, -0.1) is 0 Å². The molecule has 0 spiro atoms. The second-order valence-corrected chi connectivity index (χ2v) is 11.5. The Morgan fingerprint density at radius 3 is 2.43 bits per heavy atom. The summed E-state index contributed by atoms with van der Waals surface area (Å²) < 4.78 is 59.1. The van der Waals surface area contributed by atoms with Crippen molar-refractivity contribution in [1.82, 2.24) is 10.2 Å². The van der Waals surface area contributed by atoms with Crippen LogP contribution in [0, 0.1) is 5.82 Å². The van der Waals surface area contributed by atoms with Crippen molar-refractivity contribution in [1.29, 1.82) is 0 Å².